The molecule has 0 fully saturated rings. The fourth-order valence-electron chi connectivity index (χ4n) is 12.0. The van der Waals surface area contributed by atoms with Gasteiger partial charge in [0.2, 0.25) is 5.36 Å². The first kappa shape index (κ1) is 131. The molecule has 11 rings (SSSR count). The van der Waals surface area contributed by atoms with Crippen LogP contribution in [0.25, 0.3) is 22.3 Å². The van der Waals surface area contributed by atoms with E-state index < -0.39 is 25.7 Å². The maximum Gasteiger partial charge on any atom is 0.314 e. The van der Waals surface area contributed by atoms with Crippen LogP contribution in [0.5, 0.6) is 69.0 Å². The van der Waals surface area contributed by atoms with E-state index in [0.717, 1.165) is 84.5 Å². The Morgan fingerprint density at radius 1 is 0.430 bits per heavy atom. The second kappa shape index (κ2) is 73.5. The van der Waals surface area contributed by atoms with E-state index in [0.29, 0.717) is 119 Å². The highest BCUT2D eigenvalue weighted by atomic mass is 79.9. The third kappa shape index (κ3) is 50.4. The number of ether oxygens (including phenoxy) is 15. The van der Waals surface area contributed by atoms with Gasteiger partial charge in [-0.15, -0.1) is 12.4 Å². The molecule has 0 saturated heterocycles. The van der Waals surface area contributed by atoms with Gasteiger partial charge in [0.25, 0.3) is 0 Å². The molecule has 41 nitrogen and oxygen atoms in total. The van der Waals surface area contributed by atoms with Crippen molar-refractivity contribution in [2.24, 2.45) is 0 Å². The number of nitrogens with zero attached hydrogens (tertiary/aromatic N) is 7. The lowest BCUT2D eigenvalue weighted by atomic mass is 10.1. The SMILES string of the molecule is C.CCOC(=O)CCCBr.CCOC(=O)CCCOc1ccc(OCc2ccccc2)cc1[N+](=O)[O-].CN(C)c1ccc2c(Cl)c3ccc(=[N+](C)C)cc-3oc2c1.COC(=O)CCCOc1ccc(OC)cc1N.COC(=O)CCCOc1ccc(OC)cc1N(C)C.COC(=O)CCCOc1ccc(OC)cc1[N+](=O)[O-].Cl.O=C(O)CCCOc1ccc(O)cc1[N+](=O)[O-].O=[N+]([O-])c1cc(OCc2ccccc2)ccc1O.[Cl-]. The van der Waals surface area contributed by atoms with Crippen molar-refractivity contribution < 1.29 is 152 Å². The first-order valence-electron chi connectivity index (χ1n) is 45.3. The van der Waals surface area contributed by atoms with Crippen LogP contribution < -0.4 is 85.2 Å². The summed E-state index contributed by atoms with van der Waals surface area (Å²) in [5.41, 5.74) is 10.9. The molecule has 0 atom stereocenters. The number of alkyl halides is 1. The maximum atomic E-state index is 11.3. The molecule has 45 heteroatoms. The van der Waals surface area contributed by atoms with Gasteiger partial charge >= 0.3 is 58.6 Å². The number of hydrogen-bond donors (Lipinski definition) is 4. The molecule has 0 amide bonds. The van der Waals surface area contributed by atoms with Crippen LogP contribution >= 0.6 is 39.9 Å². The predicted molar refractivity (Wildman–Crippen MR) is 565 cm³/mol. The van der Waals surface area contributed by atoms with E-state index in [2.05, 4.69) is 34.9 Å². The molecule has 812 valence electrons. The number of nitrogen functional groups attached to an aromatic ring is 1. The number of nitro groups is 4. The normalized spacial score (nSPS) is 9.85. The number of carboxylic acids is 1. The van der Waals surface area contributed by atoms with Crippen LogP contribution in [-0.4, -0.2) is 207 Å². The summed E-state index contributed by atoms with van der Waals surface area (Å²) >= 11 is 9.77. The third-order valence-corrected chi connectivity index (χ3v) is 20.5. The lowest BCUT2D eigenvalue weighted by molar-refractivity contribution is -0.386. The minimum Gasteiger partial charge on any atom is -1.00 e. The molecule has 9 aromatic rings. The van der Waals surface area contributed by atoms with Crippen molar-refractivity contribution in [3.8, 4) is 80.3 Å². The predicted octanol–water partition coefficient (Wildman–Crippen LogP) is 17.0. The van der Waals surface area contributed by atoms with Crippen LogP contribution in [0.15, 0.2) is 211 Å². The molecule has 0 radical (unpaired) electrons. The zero-order valence-electron chi connectivity index (χ0n) is 84.5. The maximum absolute atomic E-state index is 11.3. The molecule has 1 aliphatic heterocycles. The van der Waals surface area contributed by atoms with E-state index in [1.807, 2.05) is 179 Å². The number of nitrogens with two attached hydrogens (primary N) is 1. The molecule has 0 spiro atoms. The Kier molecular flexibility index (Phi) is 64.8. The van der Waals surface area contributed by atoms with Crippen molar-refractivity contribution in [1.82, 2.24) is 4.58 Å². The number of rotatable bonds is 45. The highest BCUT2D eigenvalue weighted by molar-refractivity contribution is 9.09. The molecule has 2 aliphatic rings. The molecule has 1 heterocycles. The molecule has 9 aromatic carbocycles. The second-order valence-corrected chi connectivity index (χ2v) is 32.0. The molecule has 0 bridgehead atoms. The summed E-state index contributed by atoms with van der Waals surface area (Å²) in [5.74, 6) is 2.31. The van der Waals surface area contributed by atoms with E-state index >= 15 is 0 Å². The van der Waals surface area contributed by atoms with Gasteiger partial charge in [0.15, 0.2) is 23.0 Å². The molecule has 149 heavy (non-hydrogen) atoms. The first-order chi connectivity index (χ1) is 69.9. The lowest BCUT2D eigenvalue weighted by Gasteiger charge is -2.18. The Balaban J connectivity index is 0.000000858. The van der Waals surface area contributed by atoms with E-state index in [1.165, 1.54) is 83.0 Å². The van der Waals surface area contributed by atoms with Crippen molar-refractivity contribution in [3.63, 3.8) is 0 Å². The van der Waals surface area contributed by atoms with Crippen LogP contribution in [-0.2, 0) is 65.7 Å². The second-order valence-electron chi connectivity index (χ2n) is 30.8. The molecule has 0 saturated carbocycles. The number of phenolic OH excluding ortho intramolecular Hbond substituents is 2. The molecule has 0 aromatic heterocycles. The highest BCUT2D eigenvalue weighted by Gasteiger charge is 2.23. The van der Waals surface area contributed by atoms with Gasteiger partial charge in [0.1, 0.15) is 84.6 Å². The summed E-state index contributed by atoms with van der Waals surface area (Å²) in [7, 11) is 20.6. The Labute approximate surface area is 889 Å². The van der Waals surface area contributed by atoms with E-state index in [1.54, 1.807) is 51.5 Å². The average molecular weight is 2210 g/mol. The van der Waals surface area contributed by atoms with Crippen LogP contribution in [0.4, 0.5) is 39.8 Å². The third-order valence-electron chi connectivity index (χ3n) is 19.5. The van der Waals surface area contributed by atoms with Gasteiger partial charge in [-0.25, -0.2) is 4.58 Å². The quantitative estimate of drug-likeness (QED) is 0.00317. The molecular weight excluding hydrogens is 2080 g/mol. The molecular formula is C104H130BrCl3N8O33. The van der Waals surface area contributed by atoms with E-state index in [4.69, 9.17) is 84.1 Å². The number of esters is 5. The Morgan fingerprint density at radius 2 is 0.812 bits per heavy atom. The van der Waals surface area contributed by atoms with Crippen LogP contribution in [0.3, 0.4) is 0 Å². The largest absolute Gasteiger partial charge is 1.00 e. The smallest absolute Gasteiger partial charge is 0.314 e. The summed E-state index contributed by atoms with van der Waals surface area (Å²) in [5, 5.41) is 73.8. The van der Waals surface area contributed by atoms with Crippen LogP contribution in [0.1, 0.15) is 109 Å². The number of halogens is 4. The minimum atomic E-state index is -0.950. The summed E-state index contributed by atoms with van der Waals surface area (Å²) in [6.45, 7) is 6.35. The summed E-state index contributed by atoms with van der Waals surface area (Å²) in [6, 6.07) is 58.2. The summed E-state index contributed by atoms with van der Waals surface area (Å²) in [6.07, 6.45) is 4.77. The van der Waals surface area contributed by atoms with Crippen molar-refractivity contribution >= 4 is 127 Å². The van der Waals surface area contributed by atoms with Crippen LogP contribution in [0.2, 0.25) is 5.02 Å². The van der Waals surface area contributed by atoms with Gasteiger partial charge in [0, 0.05) is 113 Å². The Morgan fingerprint density at radius 3 is 1.23 bits per heavy atom. The van der Waals surface area contributed by atoms with Gasteiger partial charge in [-0.1, -0.05) is 95.6 Å². The number of carbonyl (C=O) groups excluding carboxylic acids is 5. The topological polar surface area (TPSA) is 523 Å². The summed E-state index contributed by atoms with van der Waals surface area (Å²) < 4.78 is 84.3. The molecule has 0 unspecified atom stereocenters. The minimum absolute atomic E-state index is 0. The van der Waals surface area contributed by atoms with Crippen molar-refractivity contribution in [2.45, 2.75) is 112 Å². The van der Waals surface area contributed by atoms with Gasteiger partial charge in [-0.05, 0) is 154 Å². The number of carboxylic acid groups (broad SMARTS) is 1. The van der Waals surface area contributed by atoms with Gasteiger partial charge in [-0.3, -0.25) is 69.2 Å². The first-order valence-corrected chi connectivity index (χ1v) is 46.8. The Hall–Kier alpha value is -15.6. The van der Waals surface area contributed by atoms with E-state index in [-0.39, 0.29) is 159 Å². The van der Waals surface area contributed by atoms with Crippen molar-refractivity contribution in [1.29, 1.82) is 0 Å². The fraction of sp³-hybridized carbons (Fsp3) is 0.356. The summed E-state index contributed by atoms with van der Waals surface area (Å²) in [4.78, 5) is 110. The van der Waals surface area contributed by atoms with Crippen molar-refractivity contribution in [3.05, 3.63) is 268 Å². The van der Waals surface area contributed by atoms with Crippen LogP contribution in [0, 0.1) is 40.5 Å². The van der Waals surface area contributed by atoms with Gasteiger partial charge < -0.3 is 119 Å². The molecule has 5 N–H and O–H groups in total. The monoisotopic (exact) mass is 2200 g/mol. The number of benzene rings is 10. The van der Waals surface area contributed by atoms with Gasteiger partial charge in [0.05, 0.1) is 155 Å². The molecule has 1 aliphatic carbocycles. The number of methoxy groups -OCH3 is 6. The number of hydrogen-bond acceptors (Lipinski definition) is 35. The number of aliphatic carboxylic acids is 1. The number of fused-ring (bicyclic) bond motifs is 2. The Bertz CT molecular complexity index is 6010. The number of phenols is 2. The number of anilines is 3. The zero-order chi connectivity index (χ0) is 108. The van der Waals surface area contributed by atoms with Crippen molar-refractivity contribution in [2.75, 3.05) is 152 Å². The van der Waals surface area contributed by atoms with Gasteiger partial charge in [-0.2, -0.15) is 0 Å². The highest BCUT2D eigenvalue weighted by Crippen LogP contribution is 2.40. The number of aromatic hydroxyl groups is 2. The van der Waals surface area contributed by atoms with E-state index in [9.17, 15) is 74.3 Å². The fourth-order valence-corrected chi connectivity index (χ4v) is 12.6. The average Bonchev–Trinajstić information content (AvgIpc) is 0.766. The standard InChI is InChI=1S/C19H21NO6.C17H18ClN2O.C14H21NO4.C13H11NO4.C12H15NO6.C12H17NO4.C10H11NO6.C6H11BrO2.CH4.2ClH/c1-2-24-19(21)9-6-12-25-18-11-10-16(13-17(18)20(22)23)26-14-15-7-4-3-5-8-15;1-19(2)11-5-7-13-15(9-11)21-16-10-12(20(3)4)6-8-14(16)17(13)18;1-15(2)12-10-11(17-3)7-8-13(12)19-9-5-6-14(16)18-4;15-13-7-6-11(8-12(13)14(16)17)18-9-10-4-2-1-3-5-10;1-17-9-5-6-11(10(8-9)13(15)16)19-7-3-4-12(14)18-2;1-15-9-5-6-11(10(13)8-9)17-7-3-4-12(14)16-2;12-7-3-4-9(8(6-7)11(15)16)17-5-1-2-10(13)14;1-2-9-6(8)4-3-5-7;;;/h3-5,7-8,10-11,13H,2,6,9,12,14H2,1H3;5-10H,1-4H3;7-8,10H,5-6,9H2,1-4H3;1-8,15H,9H2;5-6,8H,3-4,7H2,1-2H3;5-6,8H,3-4,7,13H2,1-2H3;3-4,6,12H,1-2,5H2,(H,13,14);2-5H2,1H3;1H4;2*1H/q;+1;;;;;;;;;/p-1. The number of nitro benzene ring substituents is 4. The number of carbonyl (C=O) groups is 6. The lowest BCUT2D eigenvalue weighted by Crippen LogP contribution is -3.00. The zero-order valence-corrected chi connectivity index (χ0v) is 88.4.